The van der Waals surface area contributed by atoms with Crippen LogP contribution in [0.25, 0.3) is 0 Å². The van der Waals surface area contributed by atoms with Gasteiger partial charge in [-0.3, -0.25) is 4.79 Å². The van der Waals surface area contributed by atoms with Gasteiger partial charge in [0.1, 0.15) is 17.2 Å². The quantitative estimate of drug-likeness (QED) is 0.102. The summed E-state index contributed by atoms with van der Waals surface area (Å²) < 4.78 is 17.2. The number of hydrogen-bond donors (Lipinski definition) is 0. The second-order valence-corrected chi connectivity index (χ2v) is 13.4. The first kappa shape index (κ1) is 34.1. The predicted octanol–water partition coefficient (Wildman–Crippen LogP) is 10.7. The molecule has 2 aliphatic carbocycles. The molecule has 2 saturated carbocycles. The lowest BCUT2D eigenvalue weighted by Crippen LogP contribution is -2.25. The van der Waals surface area contributed by atoms with Crippen molar-refractivity contribution in [2.75, 3.05) is 6.61 Å². The Morgan fingerprint density at radius 3 is 1.55 bits per heavy atom. The summed E-state index contributed by atoms with van der Waals surface area (Å²) in [6, 6.07) is 13.9. The van der Waals surface area contributed by atoms with E-state index in [1.54, 1.807) is 36.4 Å². The van der Waals surface area contributed by atoms with E-state index >= 15 is 0 Å². The van der Waals surface area contributed by atoms with Crippen molar-refractivity contribution in [2.24, 2.45) is 23.7 Å². The van der Waals surface area contributed by atoms with Crippen molar-refractivity contribution in [3.05, 3.63) is 54.1 Å². The summed E-state index contributed by atoms with van der Waals surface area (Å²) in [5, 5.41) is 0. The fraction of sp³-hybridized carbons (Fsp3) is 0.641. The Labute approximate surface area is 266 Å². The van der Waals surface area contributed by atoms with Crippen LogP contribution in [0.15, 0.2) is 48.5 Å². The van der Waals surface area contributed by atoms with E-state index in [0.29, 0.717) is 23.7 Å². The fourth-order valence-electron chi connectivity index (χ4n) is 7.05. The zero-order chi connectivity index (χ0) is 31.0. The highest BCUT2D eigenvalue weighted by molar-refractivity contribution is 5.91. The summed E-state index contributed by atoms with van der Waals surface area (Å²) in [6.07, 6.45) is 22.6. The maximum atomic E-state index is 12.7. The molecule has 0 saturated heterocycles. The first-order valence-electron chi connectivity index (χ1n) is 17.8. The zero-order valence-corrected chi connectivity index (χ0v) is 27.4. The highest BCUT2D eigenvalue weighted by atomic mass is 16.5. The molecule has 0 heterocycles. The van der Waals surface area contributed by atoms with Gasteiger partial charge in [-0.2, -0.15) is 0 Å². The third-order valence-corrected chi connectivity index (χ3v) is 9.95. The fourth-order valence-corrected chi connectivity index (χ4v) is 7.05. The molecule has 0 N–H and O–H groups in total. The standard InChI is InChI=1S/C39H56O5/c1-3-5-7-10-30-13-15-32(16-14-30)12-9-29-42-35-23-21-34(22-24-35)39(41)44-37-27-25-36(26-28-37)43-38(40)33-19-17-31(18-20-33)11-8-6-4-2/h21-28,30-33H,3-20,29H2,1-2H3. The van der Waals surface area contributed by atoms with Gasteiger partial charge in [0.15, 0.2) is 0 Å². The molecule has 0 atom stereocenters. The van der Waals surface area contributed by atoms with Crippen LogP contribution in [-0.4, -0.2) is 18.5 Å². The van der Waals surface area contributed by atoms with Crippen LogP contribution in [-0.2, 0) is 4.79 Å². The van der Waals surface area contributed by atoms with Crippen molar-refractivity contribution < 1.29 is 23.8 Å². The zero-order valence-electron chi connectivity index (χ0n) is 27.4. The molecule has 4 rings (SSSR count). The second-order valence-electron chi connectivity index (χ2n) is 13.4. The van der Waals surface area contributed by atoms with E-state index in [2.05, 4.69) is 13.8 Å². The summed E-state index contributed by atoms with van der Waals surface area (Å²) in [6.45, 7) is 5.22. The highest BCUT2D eigenvalue weighted by Crippen LogP contribution is 2.35. The molecule has 0 spiro atoms. The van der Waals surface area contributed by atoms with Gasteiger partial charge in [0, 0.05) is 0 Å². The Morgan fingerprint density at radius 2 is 1.02 bits per heavy atom. The Hall–Kier alpha value is -2.82. The van der Waals surface area contributed by atoms with Crippen molar-refractivity contribution in [1.29, 1.82) is 0 Å². The van der Waals surface area contributed by atoms with Gasteiger partial charge in [-0.1, -0.05) is 90.9 Å². The predicted molar refractivity (Wildman–Crippen MR) is 177 cm³/mol. The smallest absolute Gasteiger partial charge is 0.343 e. The molecule has 0 aromatic heterocycles. The highest BCUT2D eigenvalue weighted by Gasteiger charge is 2.27. The lowest BCUT2D eigenvalue weighted by Gasteiger charge is -2.28. The third-order valence-electron chi connectivity index (χ3n) is 9.95. The van der Waals surface area contributed by atoms with Crippen LogP contribution in [0.3, 0.4) is 0 Å². The molecule has 0 aliphatic heterocycles. The van der Waals surface area contributed by atoms with Gasteiger partial charge in [-0.25, -0.2) is 4.79 Å². The van der Waals surface area contributed by atoms with Crippen molar-refractivity contribution in [2.45, 2.75) is 129 Å². The largest absolute Gasteiger partial charge is 0.494 e. The Bertz CT molecular complexity index is 1090. The summed E-state index contributed by atoms with van der Waals surface area (Å²) >= 11 is 0. The number of benzene rings is 2. The number of ether oxygens (including phenoxy) is 3. The van der Waals surface area contributed by atoms with Crippen molar-refractivity contribution in [3.63, 3.8) is 0 Å². The maximum Gasteiger partial charge on any atom is 0.343 e. The summed E-state index contributed by atoms with van der Waals surface area (Å²) in [7, 11) is 0. The van der Waals surface area contributed by atoms with Crippen molar-refractivity contribution in [3.8, 4) is 17.2 Å². The van der Waals surface area contributed by atoms with Gasteiger partial charge >= 0.3 is 11.9 Å². The van der Waals surface area contributed by atoms with Gasteiger partial charge < -0.3 is 14.2 Å². The molecular formula is C39H56O5. The van der Waals surface area contributed by atoms with E-state index in [0.717, 1.165) is 55.6 Å². The first-order valence-corrected chi connectivity index (χ1v) is 17.8. The number of rotatable bonds is 17. The Kier molecular flexibility index (Phi) is 14.6. The summed E-state index contributed by atoms with van der Waals surface area (Å²) in [5.41, 5.74) is 0.467. The average Bonchev–Trinajstić information content (AvgIpc) is 3.05. The van der Waals surface area contributed by atoms with Gasteiger partial charge in [-0.05, 0) is 105 Å². The lowest BCUT2D eigenvalue weighted by atomic mass is 9.78. The minimum absolute atomic E-state index is 0.0215. The minimum Gasteiger partial charge on any atom is -0.494 e. The minimum atomic E-state index is -0.428. The van der Waals surface area contributed by atoms with Gasteiger partial charge in [0.2, 0.25) is 0 Å². The van der Waals surface area contributed by atoms with Gasteiger partial charge in [-0.15, -0.1) is 0 Å². The molecule has 5 nitrogen and oxygen atoms in total. The Balaban J connectivity index is 1.11. The van der Waals surface area contributed by atoms with Crippen LogP contribution in [0, 0.1) is 23.7 Å². The number of esters is 2. The number of unbranched alkanes of at least 4 members (excludes halogenated alkanes) is 4. The van der Waals surface area contributed by atoms with E-state index in [1.807, 2.05) is 12.1 Å². The van der Waals surface area contributed by atoms with E-state index in [-0.39, 0.29) is 11.9 Å². The van der Waals surface area contributed by atoms with Crippen LogP contribution in [0.5, 0.6) is 17.2 Å². The molecule has 0 amide bonds. The molecule has 2 aromatic rings. The summed E-state index contributed by atoms with van der Waals surface area (Å²) in [5.74, 6) is 3.64. The molecule has 242 valence electrons. The van der Waals surface area contributed by atoms with Gasteiger partial charge in [0.05, 0.1) is 18.1 Å². The molecule has 2 fully saturated rings. The van der Waals surface area contributed by atoms with Crippen LogP contribution in [0.4, 0.5) is 0 Å². The molecule has 0 bridgehead atoms. The number of carbonyl (C=O) groups excluding carboxylic acids is 2. The first-order chi connectivity index (χ1) is 21.5. The van der Waals surface area contributed by atoms with E-state index < -0.39 is 5.97 Å². The van der Waals surface area contributed by atoms with Crippen LogP contribution >= 0.6 is 0 Å². The van der Waals surface area contributed by atoms with Crippen molar-refractivity contribution in [1.82, 2.24) is 0 Å². The van der Waals surface area contributed by atoms with Crippen LogP contribution in [0.1, 0.15) is 140 Å². The van der Waals surface area contributed by atoms with E-state index in [4.69, 9.17) is 14.2 Å². The average molecular weight is 605 g/mol. The van der Waals surface area contributed by atoms with E-state index in [1.165, 1.54) is 83.5 Å². The summed E-state index contributed by atoms with van der Waals surface area (Å²) in [4.78, 5) is 25.4. The number of hydrogen-bond acceptors (Lipinski definition) is 5. The molecule has 2 aliphatic rings. The Morgan fingerprint density at radius 1 is 0.568 bits per heavy atom. The number of carbonyl (C=O) groups is 2. The molecule has 0 radical (unpaired) electrons. The third kappa shape index (κ3) is 11.6. The van der Waals surface area contributed by atoms with E-state index in [9.17, 15) is 9.59 Å². The monoisotopic (exact) mass is 604 g/mol. The van der Waals surface area contributed by atoms with Crippen molar-refractivity contribution >= 4 is 11.9 Å². The van der Waals surface area contributed by atoms with Gasteiger partial charge in [0.25, 0.3) is 0 Å². The lowest BCUT2D eigenvalue weighted by molar-refractivity contribution is -0.140. The maximum absolute atomic E-state index is 12.7. The molecule has 44 heavy (non-hydrogen) atoms. The second kappa shape index (κ2) is 18.9. The molecule has 5 heteroatoms. The molecular weight excluding hydrogens is 548 g/mol. The van der Waals surface area contributed by atoms with Crippen LogP contribution in [0.2, 0.25) is 0 Å². The van der Waals surface area contributed by atoms with Crippen LogP contribution < -0.4 is 14.2 Å². The topological polar surface area (TPSA) is 61.8 Å². The molecule has 2 aromatic carbocycles. The normalized spacial score (nSPS) is 21.9. The SMILES string of the molecule is CCCCCC1CCC(CCCOc2ccc(C(=O)Oc3ccc(OC(=O)C4CCC(CCCCC)CC4)cc3)cc2)CC1. The molecule has 0 unspecified atom stereocenters.